The minimum atomic E-state index is 0.0225. The number of carbonyl (C=O) groups is 1. The number of aliphatic imine (C=N–C) groups is 1. The van der Waals surface area contributed by atoms with Gasteiger partial charge in [0.15, 0.2) is 5.17 Å². The minimum absolute atomic E-state index is 0.0225. The standard InChI is InChI=1S/C25H24N2OS/c1-18-8-9-19(2)23(16-18)17-29-25-26-14-15-27(25)24(28)22-12-10-21(11-13-22)20-6-4-3-5-7-20/h3-13,16H,14-15,17H2,1-2H3. The van der Waals surface area contributed by atoms with Crippen molar-refractivity contribution in [3.8, 4) is 11.1 Å². The highest BCUT2D eigenvalue weighted by molar-refractivity contribution is 8.13. The number of hydrogen-bond acceptors (Lipinski definition) is 3. The van der Waals surface area contributed by atoms with Gasteiger partial charge in [0.1, 0.15) is 0 Å². The maximum absolute atomic E-state index is 13.1. The third-order valence-electron chi connectivity index (χ3n) is 5.15. The topological polar surface area (TPSA) is 32.7 Å². The quantitative estimate of drug-likeness (QED) is 0.561. The maximum atomic E-state index is 13.1. The number of thioether (sulfide) groups is 1. The van der Waals surface area contributed by atoms with Gasteiger partial charge in [-0.3, -0.25) is 14.7 Å². The van der Waals surface area contributed by atoms with E-state index in [2.05, 4.69) is 49.2 Å². The zero-order chi connectivity index (χ0) is 20.2. The lowest BCUT2D eigenvalue weighted by molar-refractivity contribution is 0.0860. The highest BCUT2D eigenvalue weighted by Gasteiger charge is 2.25. The van der Waals surface area contributed by atoms with Gasteiger partial charge in [-0.05, 0) is 48.2 Å². The van der Waals surface area contributed by atoms with Crippen LogP contribution in [0.3, 0.4) is 0 Å². The molecule has 3 aromatic rings. The van der Waals surface area contributed by atoms with E-state index in [0.29, 0.717) is 18.7 Å². The number of amidine groups is 1. The summed E-state index contributed by atoms with van der Waals surface area (Å²) in [5.74, 6) is 0.845. The van der Waals surface area contributed by atoms with Crippen molar-refractivity contribution in [2.75, 3.05) is 13.1 Å². The zero-order valence-electron chi connectivity index (χ0n) is 16.8. The summed E-state index contributed by atoms with van der Waals surface area (Å²) in [6.45, 7) is 5.55. The van der Waals surface area contributed by atoms with Crippen LogP contribution in [0.5, 0.6) is 0 Å². The van der Waals surface area contributed by atoms with Crippen LogP contribution in [0.25, 0.3) is 11.1 Å². The number of nitrogens with zero attached hydrogens (tertiary/aromatic N) is 2. The molecule has 4 heteroatoms. The average molecular weight is 401 g/mol. The van der Waals surface area contributed by atoms with E-state index in [0.717, 1.165) is 22.0 Å². The van der Waals surface area contributed by atoms with Crippen molar-refractivity contribution >= 4 is 22.8 Å². The molecule has 4 rings (SSSR count). The fraction of sp³-hybridized carbons (Fsp3) is 0.200. The van der Waals surface area contributed by atoms with Crippen molar-refractivity contribution in [3.63, 3.8) is 0 Å². The lowest BCUT2D eigenvalue weighted by atomic mass is 10.0. The Balaban J connectivity index is 1.45. The van der Waals surface area contributed by atoms with Crippen LogP contribution in [0.4, 0.5) is 0 Å². The molecule has 0 fully saturated rings. The first-order valence-electron chi connectivity index (χ1n) is 9.82. The third-order valence-corrected chi connectivity index (χ3v) is 6.21. The molecule has 1 amide bonds. The summed E-state index contributed by atoms with van der Waals surface area (Å²) in [5.41, 5.74) is 6.79. The van der Waals surface area contributed by atoms with E-state index in [-0.39, 0.29) is 5.91 Å². The summed E-state index contributed by atoms with van der Waals surface area (Å²) in [7, 11) is 0. The van der Waals surface area contributed by atoms with E-state index in [4.69, 9.17) is 0 Å². The van der Waals surface area contributed by atoms with Crippen LogP contribution < -0.4 is 0 Å². The summed E-state index contributed by atoms with van der Waals surface area (Å²) in [5, 5.41) is 0.822. The van der Waals surface area contributed by atoms with Gasteiger partial charge in [0.25, 0.3) is 5.91 Å². The molecular formula is C25H24N2OS. The Hall–Kier alpha value is -2.85. The van der Waals surface area contributed by atoms with Gasteiger partial charge in [-0.1, -0.05) is 78.0 Å². The van der Waals surface area contributed by atoms with Crippen LogP contribution >= 0.6 is 11.8 Å². The van der Waals surface area contributed by atoms with Gasteiger partial charge in [-0.25, -0.2) is 0 Å². The van der Waals surface area contributed by atoms with E-state index in [1.54, 1.807) is 11.8 Å². The van der Waals surface area contributed by atoms with Gasteiger partial charge in [0, 0.05) is 17.9 Å². The number of rotatable bonds is 4. The average Bonchev–Trinajstić information content (AvgIpc) is 3.23. The molecule has 0 saturated heterocycles. The molecule has 146 valence electrons. The smallest absolute Gasteiger partial charge is 0.259 e. The molecule has 3 aromatic carbocycles. The van der Waals surface area contributed by atoms with E-state index in [1.807, 2.05) is 47.4 Å². The molecule has 0 atom stereocenters. The predicted octanol–water partition coefficient (Wildman–Crippen LogP) is 5.72. The molecule has 1 aliphatic heterocycles. The molecule has 0 unspecified atom stereocenters. The first-order chi connectivity index (χ1) is 14.1. The largest absolute Gasteiger partial charge is 0.286 e. The van der Waals surface area contributed by atoms with Gasteiger partial charge >= 0.3 is 0 Å². The Labute approximate surface area is 176 Å². The molecule has 3 nitrogen and oxygen atoms in total. The van der Waals surface area contributed by atoms with Crippen LogP contribution in [0.2, 0.25) is 0 Å². The van der Waals surface area contributed by atoms with Gasteiger partial charge in [-0.2, -0.15) is 0 Å². The molecule has 1 aliphatic rings. The molecule has 0 saturated carbocycles. The van der Waals surface area contributed by atoms with Crippen LogP contribution in [0.15, 0.2) is 77.8 Å². The van der Waals surface area contributed by atoms with Crippen molar-refractivity contribution in [2.24, 2.45) is 4.99 Å². The monoisotopic (exact) mass is 400 g/mol. The van der Waals surface area contributed by atoms with E-state index in [1.165, 1.54) is 16.7 Å². The summed E-state index contributed by atoms with van der Waals surface area (Å²) in [6.07, 6.45) is 0. The first kappa shape index (κ1) is 19.5. The molecule has 0 bridgehead atoms. The van der Waals surface area contributed by atoms with Crippen molar-refractivity contribution in [1.82, 2.24) is 4.90 Å². The number of carbonyl (C=O) groups excluding carboxylic acids is 1. The van der Waals surface area contributed by atoms with Crippen molar-refractivity contribution < 1.29 is 4.79 Å². The Morgan fingerprint density at radius 1 is 0.966 bits per heavy atom. The maximum Gasteiger partial charge on any atom is 0.259 e. The highest BCUT2D eigenvalue weighted by atomic mass is 32.2. The second-order valence-electron chi connectivity index (χ2n) is 7.28. The zero-order valence-corrected chi connectivity index (χ0v) is 17.6. The second-order valence-corrected chi connectivity index (χ2v) is 8.23. The number of amides is 1. The SMILES string of the molecule is Cc1ccc(C)c(CSC2=NCCN2C(=O)c2ccc(-c3ccccc3)cc2)c1. The summed E-state index contributed by atoms with van der Waals surface area (Å²) in [4.78, 5) is 19.5. The summed E-state index contributed by atoms with van der Waals surface area (Å²) < 4.78 is 0. The minimum Gasteiger partial charge on any atom is -0.286 e. The fourth-order valence-corrected chi connectivity index (χ4v) is 4.54. The number of hydrogen-bond donors (Lipinski definition) is 0. The molecule has 29 heavy (non-hydrogen) atoms. The normalized spacial score (nSPS) is 13.4. The van der Waals surface area contributed by atoms with Gasteiger partial charge in [-0.15, -0.1) is 0 Å². The van der Waals surface area contributed by atoms with E-state index < -0.39 is 0 Å². The lowest BCUT2D eigenvalue weighted by Gasteiger charge is -2.18. The molecule has 0 aliphatic carbocycles. The molecular weight excluding hydrogens is 376 g/mol. The molecule has 0 aromatic heterocycles. The van der Waals surface area contributed by atoms with Crippen LogP contribution in [0.1, 0.15) is 27.0 Å². The first-order valence-corrected chi connectivity index (χ1v) is 10.8. The Kier molecular flexibility index (Phi) is 5.81. The molecule has 1 heterocycles. The number of aryl methyl sites for hydroxylation is 2. The van der Waals surface area contributed by atoms with Crippen LogP contribution in [-0.2, 0) is 5.75 Å². The molecule has 0 N–H and O–H groups in total. The Morgan fingerprint density at radius 2 is 1.69 bits per heavy atom. The number of benzene rings is 3. The van der Waals surface area contributed by atoms with Crippen molar-refractivity contribution in [2.45, 2.75) is 19.6 Å². The third kappa shape index (κ3) is 4.43. The van der Waals surface area contributed by atoms with E-state index >= 15 is 0 Å². The van der Waals surface area contributed by atoms with Gasteiger partial charge in [0.05, 0.1) is 6.54 Å². The Morgan fingerprint density at radius 3 is 2.45 bits per heavy atom. The fourth-order valence-electron chi connectivity index (χ4n) is 3.43. The lowest BCUT2D eigenvalue weighted by Crippen LogP contribution is -2.32. The van der Waals surface area contributed by atoms with Crippen molar-refractivity contribution in [3.05, 3.63) is 95.1 Å². The summed E-state index contributed by atoms with van der Waals surface area (Å²) >= 11 is 1.65. The van der Waals surface area contributed by atoms with Crippen molar-refractivity contribution in [1.29, 1.82) is 0 Å². The second kappa shape index (κ2) is 8.66. The van der Waals surface area contributed by atoms with Gasteiger partial charge in [0.2, 0.25) is 0 Å². The van der Waals surface area contributed by atoms with Crippen LogP contribution in [0, 0.1) is 13.8 Å². The van der Waals surface area contributed by atoms with Gasteiger partial charge < -0.3 is 0 Å². The molecule has 0 spiro atoms. The molecule has 0 radical (unpaired) electrons. The summed E-state index contributed by atoms with van der Waals surface area (Å²) in [6, 6.07) is 24.5. The van der Waals surface area contributed by atoms with Crippen LogP contribution in [-0.4, -0.2) is 29.1 Å². The Bertz CT molecular complexity index is 1040. The predicted molar refractivity (Wildman–Crippen MR) is 122 cm³/mol. The highest BCUT2D eigenvalue weighted by Crippen LogP contribution is 2.25. The van der Waals surface area contributed by atoms with E-state index in [9.17, 15) is 4.79 Å².